The Balaban J connectivity index is 2.09. The summed E-state index contributed by atoms with van der Waals surface area (Å²) in [6.45, 7) is 3.43. The molecule has 0 aromatic carbocycles. The Morgan fingerprint density at radius 3 is 2.76 bits per heavy atom. The maximum absolute atomic E-state index is 12.1. The minimum Gasteiger partial charge on any atom is -0.347 e. The van der Waals surface area contributed by atoms with Crippen molar-refractivity contribution in [1.29, 1.82) is 0 Å². The second-order valence-electron chi connectivity index (χ2n) is 4.72. The number of aryl methyl sites for hydroxylation is 1. The van der Waals surface area contributed by atoms with Crippen molar-refractivity contribution in [2.24, 2.45) is 0 Å². The molecule has 0 aliphatic carbocycles. The van der Waals surface area contributed by atoms with E-state index in [4.69, 9.17) is 0 Å². The Morgan fingerprint density at radius 2 is 2.24 bits per heavy atom. The number of nitro groups is 1. The number of nitrogens with one attached hydrogen (secondary N) is 1. The first kappa shape index (κ1) is 14.7. The zero-order chi connectivity index (χ0) is 15.6. The molecule has 0 radical (unpaired) electrons. The molecule has 9 heteroatoms. The Morgan fingerprint density at radius 1 is 1.52 bits per heavy atom. The van der Waals surface area contributed by atoms with E-state index in [9.17, 15) is 14.9 Å². The fourth-order valence-corrected chi connectivity index (χ4v) is 2.05. The van der Waals surface area contributed by atoms with Gasteiger partial charge in [-0.3, -0.25) is 19.6 Å². The highest BCUT2D eigenvalue weighted by Crippen LogP contribution is 2.21. The number of aromatic nitrogens is 4. The smallest absolute Gasteiger partial charge is 0.312 e. The lowest BCUT2D eigenvalue weighted by molar-refractivity contribution is -0.386. The lowest BCUT2D eigenvalue weighted by Gasteiger charge is -2.16. The van der Waals surface area contributed by atoms with Gasteiger partial charge in [-0.1, -0.05) is 0 Å². The molecule has 2 aromatic rings. The molecular formula is C12H16N6O3. The second kappa shape index (κ2) is 5.73. The third-order valence-corrected chi connectivity index (χ3v) is 3.18. The van der Waals surface area contributed by atoms with E-state index < -0.39 is 4.92 Å². The van der Waals surface area contributed by atoms with Crippen molar-refractivity contribution in [3.63, 3.8) is 0 Å². The Hall–Kier alpha value is -2.71. The topological polar surface area (TPSA) is 110 Å². The van der Waals surface area contributed by atoms with E-state index in [-0.39, 0.29) is 18.1 Å². The molecule has 2 heterocycles. The van der Waals surface area contributed by atoms with Crippen LogP contribution in [0.25, 0.3) is 0 Å². The van der Waals surface area contributed by atoms with E-state index >= 15 is 0 Å². The minimum absolute atomic E-state index is 0.0439. The van der Waals surface area contributed by atoms with Gasteiger partial charge in [0, 0.05) is 19.4 Å². The van der Waals surface area contributed by atoms with Crippen molar-refractivity contribution in [2.75, 3.05) is 7.05 Å². The number of rotatable bonds is 5. The van der Waals surface area contributed by atoms with Crippen LogP contribution in [0.4, 0.5) is 5.69 Å². The zero-order valence-corrected chi connectivity index (χ0v) is 12.0. The van der Waals surface area contributed by atoms with Crippen molar-refractivity contribution in [3.05, 3.63) is 39.7 Å². The number of imidazole rings is 1. The van der Waals surface area contributed by atoms with Gasteiger partial charge in [0.05, 0.1) is 11.5 Å². The van der Waals surface area contributed by atoms with Crippen LogP contribution in [-0.2, 0) is 17.9 Å². The number of amides is 1. The summed E-state index contributed by atoms with van der Waals surface area (Å²) in [6, 6.07) is 0. The number of carbonyl (C=O) groups is 1. The zero-order valence-electron chi connectivity index (χ0n) is 12.0. The first-order valence-electron chi connectivity index (χ1n) is 6.30. The fourth-order valence-electron chi connectivity index (χ4n) is 2.05. The highest BCUT2D eigenvalue weighted by atomic mass is 16.6. The molecule has 0 atom stereocenters. The standard InChI is InChI=1S/C12H16N6O3/c1-8-12(18(20)21)9(2)17(15-8)7-11(19)16(3)6-10-13-4-5-14-10/h4-5H,6-7H2,1-3H3,(H,13,14). The van der Waals surface area contributed by atoms with Crippen LogP contribution in [0.2, 0.25) is 0 Å². The molecule has 0 fully saturated rings. The first-order chi connectivity index (χ1) is 9.90. The van der Waals surface area contributed by atoms with Crippen molar-refractivity contribution >= 4 is 11.6 Å². The Bertz CT molecular complexity index is 661. The van der Waals surface area contributed by atoms with E-state index in [1.54, 1.807) is 33.3 Å². The van der Waals surface area contributed by atoms with Crippen LogP contribution in [0.3, 0.4) is 0 Å². The highest BCUT2D eigenvalue weighted by Gasteiger charge is 2.23. The molecular weight excluding hydrogens is 276 g/mol. The van der Waals surface area contributed by atoms with Crippen LogP contribution >= 0.6 is 0 Å². The third-order valence-electron chi connectivity index (χ3n) is 3.18. The summed E-state index contributed by atoms with van der Waals surface area (Å²) in [5, 5.41) is 15.0. The van der Waals surface area contributed by atoms with Gasteiger partial charge in [-0.15, -0.1) is 0 Å². The van der Waals surface area contributed by atoms with E-state index in [0.717, 1.165) is 0 Å². The molecule has 9 nitrogen and oxygen atoms in total. The van der Waals surface area contributed by atoms with Gasteiger partial charge in [-0.05, 0) is 13.8 Å². The molecule has 0 unspecified atom stereocenters. The predicted octanol–water partition coefficient (Wildman–Crippen LogP) is 0.790. The van der Waals surface area contributed by atoms with Crippen LogP contribution in [0, 0.1) is 24.0 Å². The largest absolute Gasteiger partial charge is 0.347 e. The number of likely N-dealkylation sites (N-methyl/N-ethyl adjacent to an activating group) is 1. The summed E-state index contributed by atoms with van der Waals surface area (Å²) < 4.78 is 1.36. The Labute approximate surface area is 120 Å². The lowest BCUT2D eigenvalue weighted by atomic mass is 10.3. The normalized spacial score (nSPS) is 10.6. The molecule has 1 amide bonds. The summed E-state index contributed by atoms with van der Waals surface area (Å²) in [5.41, 5.74) is 0.632. The number of hydrogen-bond donors (Lipinski definition) is 1. The molecule has 0 bridgehead atoms. The van der Waals surface area contributed by atoms with Gasteiger partial charge in [-0.25, -0.2) is 4.98 Å². The van der Waals surface area contributed by atoms with Crippen LogP contribution < -0.4 is 0 Å². The third kappa shape index (κ3) is 3.07. The van der Waals surface area contributed by atoms with Crippen molar-refractivity contribution in [1.82, 2.24) is 24.6 Å². The summed E-state index contributed by atoms with van der Waals surface area (Å²) in [7, 11) is 1.64. The second-order valence-corrected chi connectivity index (χ2v) is 4.72. The number of nitrogens with zero attached hydrogens (tertiary/aromatic N) is 5. The lowest BCUT2D eigenvalue weighted by Crippen LogP contribution is -2.30. The maximum Gasteiger partial charge on any atom is 0.312 e. The summed E-state index contributed by atoms with van der Waals surface area (Å²) >= 11 is 0. The molecule has 2 aromatic heterocycles. The van der Waals surface area contributed by atoms with E-state index in [2.05, 4.69) is 15.1 Å². The van der Waals surface area contributed by atoms with Crippen molar-refractivity contribution in [3.8, 4) is 0 Å². The molecule has 0 aliphatic heterocycles. The van der Waals surface area contributed by atoms with E-state index in [0.29, 0.717) is 23.8 Å². The summed E-state index contributed by atoms with van der Waals surface area (Å²) in [4.78, 5) is 31.0. The van der Waals surface area contributed by atoms with E-state index in [1.807, 2.05) is 0 Å². The van der Waals surface area contributed by atoms with Gasteiger partial charge < -0.3 is 9.88 Å². The molecule has 112 valence electrons. The average Bonchev–Trinajstić information content (AvgIpc) is 2.98. The predicted molar refractivity (Wildman–Crippen MR) is 73.4 cm³/mol. The average molecular weight is 292 g/mol. The minimum atomic E-state index is -0.481. The number of H-pyrrole nitrogens is 1. The molecule has 2 rings (SSSR count). The van der Waals surface area contributed by atoms with Crippen LogP contribution in [0.1, 0.15) is 17.2 Å². The summed E-state index contributed by atoms with van der Waals surface area (Å²) in [6.07, 6.45) is 3.29. The van der Waals surface area contributed by atoms with Gasteiger partial charge in [0.1, 0.15) is 23.8 Å². The Kier molecular flexibility index (Phi) is 4.01. The molecule has 0 saturated heterocycles. The van der Waals surface area contributed by atoms with E-state index in [1.165, 1.54) is 9.58 Å². The SMILES string of the molecule is Cc1nn(CC(=O)N(C)Cc2ncc[nH]2)c(C)c1[N+](=O)[O-]. The maximum atomic E-state index is 12.1. The number of carbonyl (C=O) groups excluding carboxylic acids is 1. The van der Waals surface area contributed by atoms with Gasteiger partial charge in [0.25, 0.3) is 0 Å². The summed E-state index contributed by atoms with van der Waals surface area (Å²) in [5.74, 6) is 0.470. The number of aromatic amines is 1. The molecule has 21 heavy (non-hydrogen) atoms. The molecule has 0 spiro atoms. The molecule has 0 saturated carbocycles. The van der Waals surface area contributed by atoms with Crippen molar-refractivity contribution in [2.45, 2.75) is 26.9 Å². The quantitative estimate of drug-likeness (QED) is 0.647. The van der Waals surface area contributed by atoms with Crippen LogP contribution in [0.5, 0.6) is 0 Å². The number of hydrogen-bond acceptors (Lipinski definition) is 5. The van der Waals surface area contributed by atoms with Gasteiger partial charge in [0.15, 0.2) is 0 Å². The van der Waals surface area contributed by atoms with Gasteiger partial charge in [0.2, 0.25) is 5.91 Å². The molecule has 0 aliphatic rings. The highest BCUT2D eigenvalue weighted by molar-refractivity contribution is 5.75. The molecule has 1 N–H and O–H groups in total. The van der Waals surface area contributed by atoms with Gasteiger partial charge >= 0.3 is 5.69 Å². The van der Waals surface area contributed by atoms with Crippen molar-refractivity contribution < 1.29 is 9.72 Å². The van der Waals surface area contributed by atoms with Gasteiger partial charge in [-0.2, -0.15) is 5.10 Å². The fraction of sp³-hybridized carbons (Fsp3) is 0.417. The monoisotopic (exact) mass is 292 g/mol. The first-order valence-corrected chi connectivity index (χ1v) is 6.30. The van der Waals surface area contributed by atoms with Crippen LogP contribution in [0.15, 0.2) is 12.4 Å². The van der Waals surface area contributed by atoms with Crippen LogP contribution in [-0.4, -0.2) is 42.5 Å².